The Morgan fingerprint density at radius 2 is 2.00 bits per heavy atom. The average molecular weight is 431 g/mol. The van der Waals surface area contributed by atoms with Gasteiger partial charge in [-0.1, -0.05) is 34.1 Å². The van der Waals surface area contributed by atoms with Crippen molar-refractivity contribution in [1.29, 1.82) is 0 Å². The average Bonchev–Trinajstić information content (AvgIpc) is 3.09. The number of aryl methyl sites for hydroxylation is 1. The van der Waals surface area contributed by atoms with Crippen LogP contribution in [0.3, 0.4) is 0 Å². The number of fused-ring (bicyclic) bond motifs is 3. The van der Waals surface area contributed by atoms with Crippen LogP contribution in [0.1, 0.15) is 89.1 Å². The molecule has 30 heavy (non-hydrogen) atoms. The fraction of sp³-hybridized carbons (Fsp3) is 0.708. The minimum atomic E-state index is -0.599. The Labute approximate surface area is 182 Å². The van der Waals surface area contributed by atoms with Crippen molar-refractivity contribution in [2.24, 2.45) is 11.3 Å². The molecule has 0 bridgehead atoms. The first-order valence-corrected chi connectivity index (χ1v) is 12.3. The van der Waals surface area contributed by atoms with E-state index in [1.165, 1.54) is 15.9 Å². The minimum absolute atomic E-state index is 0.00377. The van der Waals surface area contributed by atoms with Gasteiger partial charge in [0.25, 0.3) is 5.56 Å². The minimum Gasteiger partial charge on any atom is -0.461 e. The van der Waals surface area contributed by atoms with Crippen LogP contribution in [0.2, 0.25) is 0 Å². The topological polar surface area (TPSA) is 61.2 Å². The third kappa shape index (κ3) is 4.08. The van der Waals surface area contributed by atoms with Crippen molar-refractivity contribution in [3.8, 4) is 0 Å². The van der Waals surface area contributed by atoms with Gasteiger partial charge < -0.3 is 4.74 Å². The lowest BCUT2D eigenvalue weighted by atomic mass is 9.72. The van der Waals surface area contributed by atoms with Crippen molar-refractivity contribution in [3.05, 3.63) is 27.1 Å². The Morgan fingerprint density at radius 3 is 2.67 bits per heavy atom. The van der Waals surface area contributed by atoms with Crippen molar-refractivity contribution in [2.75, 3.05) is 0 Å². The number of esters is 1. The van der Waals surface area contributed by atoms with Gasteiger partial charge in [0, 0.05) is 4.88 Å². The van der Waals surface area contributed by atoms with Gasteiger partial charge in [-0.05, 0) is 68.3 Å². The molecule has 2 heterocycles. The van der Waals surface area contributed by atoms with Gasteiger partial charge in [0.15, 0.2) is 0 Å². The lowest BCUT2D eigenvalue weighted by molar-refractivity contribution is -0.154. The van der Waals surface area contributed by atoms with Crippen LogP contribution in [0, 0.1) is 11.3 Å². The van der Waals surface area contributed by atoms with Gasteiger partial charge in [-0.15, -0.1) is 11.3 Å². The van der Waals surface area contributed by atoms with Gasteiger partial charge in [-0.2, -0.15) is 0 Å². The molecule has 2 atom stereocenters. The summed E-state index contributed by atoms with van der Waals surface area (Å²) in [5.41, 5.74) is 1.34. The fourth-order valence-electron chi connectivity index (χ4n) is 5.04. The van der Waals surface area contributed by atoms with E-state index in [0.717, 1.165) is 60.7 Å². The third-order valence-corrected chi connectivity index (χ3v) is 8.21. The molecule has 6 heteroatoms. The molecule has 2 aromatic rings. The third-order valence-electron chi connectivity index (χ3n) is 7.05. The second-order valence-corrected chi connectivity index (χ2v) is 11.2. The molecule has 0 N–H and O–H groups in total. The number of aromatic nitrogens is 2. The van der Waals surface area contributed by atoms with E-state index in [1.807, 2.05) is 6.92 Å². The summed E-state index contributed by atoms with van der Waals surface area (Å²) in [6.45, 7) is 8.82. The Morgan fingerprint density at radius 1 is 1.27 bits per heavy atom. The van der Waals surface area contributed by atoms with Crippen LogP contribution >= 0.6 is 11.3 Å². The van der Waals surface area contributed by atoms with Crippen molar-refractivity contribution >= 4 is 27.5 Å². The zero-order valence-corrected chi connectivity index (χ0v) is 19.5. The van der Waals surface area contributed by atoms with E-state index in [-0.39, 0.29) is 23.0 Å². The summed E-state index contributed by atoms with van der Waals surface area (Å²) < 4.78 is 7.31. The molecule has 2 aliphatic carbocycles. The first-order chi connectivity index (χ1) is 14.3. The largest absolute Gasteiger partial charge is 0.461 e. The second kappa shape index (κ2) is 8.45. The first kappa shape index (κ1) is 21.5. The van der Waals surface area contributed by atoms with Gasteiger partial charge >= 0.3 is 5.97 Å². The van der Waals surface area contributed by atoms with Crippen molar-refractivity contribution in [3.63, 3.8) is 0 Å². The molecule has 4 rings (SSSR count). The number of nitrogens with zero attached hydrogens (tertiary/aromatic N) is 2. The van der Waals surface area contributed by atoms with Crippen LogP contribution in [0.4, 0.5) is 0 Å². The standard InChI is InChI=1S/C24H34N2O3S/c1-5-18(23(28)29-16-9-7-6-8-10-16)26-14-25-21-20(22(26)27)17-12-11-15(24(2,3)4)13-19(17)30-21/h14-16,18H,5-13H2,1-4H3. The number of carbonyl (C=O) groups is 1. The van der Waals surface area contributed by atoms with Gasteiger partial charge in [0.1, 0.15) is 17.0 Å². The first-order valence-electron chi connectivity index (χ1n) is 11.5. The number of thiophene rings is 1. The predicted octanol–water partition coefficient (Wildman–Crippen LogP) is 5.44. The van der Waals surface area contributed by atoms with E-state index >= 15 is 0 Å². The summed E-state index contributed by atoms with van der Waals surface area (Å²) >= 11 is 1.66. The Balaban J connectivity index is 1.64. The summed E-state index contributed by atoms with van der Waals surface area (Å²) in [4.78, 5) is 33.1. The van der Waals surface area contributed by atoms with Gasteiger partial charge in [-0.3, -0.25) is 9.36 Å². The molecule has 0 spiro atoms. The maximum Gasteiger partial charge on any atom is 0.329 e. The van der Waals surface area contributed by atoms with Crippen molar-refractivity contribution < 1.29 is 9.53 Å². The molecule has 0 radical (unpaired) electrons. The summed E-state index contributed by atoms with van der Waals surface area (Å²) in [5, 5.41) is 0.730. The quantitative estimate of drug-likeness (QED) is 0.606. The van der Waals surface area contributed by atoms with Crippen LogP contribution in [0.25, 0.3) is 10.2 Å². The molecule has 1 fully saturated rings. The molecule has 164 valence electrons. The lowest BCUT2D eigenvalue weighted by Crippen LogP contribution is -2.33. The fourth-order valence-corrected chi connectivity index (χ4v) is 6.30. The Kier molecular flexibility index (Phi) is 6.06. The predicted molar refractivity (Wildman–Crippen MR) is 121 cm³/mol. The normalized spacial score (nSPS) is 21.4. The Hall–Kier alpha value is -1.69. The number of hydrogen-bond acceptors (Lipinski definition) is 5. The highest BCUT2D eigenvalue weighted by Crippen LogP contribution is 2.42. The van der Waals surface area contributed by atoms with Crippen LogP contribution in [0.15, 0.2) is 11.1 Å². The molecule has 2 aliphatic rings. The molecular weight excluding hydrogens is 396 g/mol. The van der Waals surface area contributed by atoms with E-state index in [1.54, 1.807) is 17.7 Å². The van der Waals surface area contributed by atoms with E-state index in [2.05, 4.69) is 25.8 Å². The summed E-state index contributed by atoms with van der Waals surface area (Å²) in [6, 6.07) is -0.599. The lowest BCUT2D eigenvalue weighted by Gasteiger charge is -2.33. The molecule has 5 nitrogen and oxygen atoms in total. The summed E-state index contributed by atoms with van der Waals surface area (Å²) in [7, 11) is 0. The van der Waals surface area contributed by atoms with E-state index in [0.29, 0.717) is 12.3 Å². The van der Waals surface area contributed by atoms with Crippen molar-refractivity contribution in [1.82, 2.24) is 9.55 Å². The molecule has 0 amide bonds. The maximum atomic E-state index is 13.5. The number of ether oxygens (including phenoxy) is 1. The monoisotopic (exact) mass is 430 g/mol. The van der Waals surface area contributed by atoms with Crippen LogP contribution < -0.4 is 5.56 Å². The van der Waals surface area contributed by atoms with Crippen LogP contribution in [-0.4, -0.2) is 21.6 Å². The van der Waals surface area contributed by atoms with Crippen LogP contribution in [-0.2, 0) is 22.4 Å². The number of hydrogen-bond donors (Lipinski definition) is 0. The van der Waals surface area contributed by atoms with Gasteiger partial charge in [0.05, 0.1) is 11.7 Å². The second-order valence-electron chi connectivity index (χ2n) is 10.1. The highest BCUT2D eigenvalue weighted by atomic mass is 32.1. The number of carbonyl (C=O) groups excluding carboxylic acids is 1. The van der Waals surface area contributed by atoms with Crippen LogP contribution in [0.5, 0.6) is 0 Å². The van der Waals surface area contributed by atoms with Gasteiger partial charge in [-0.25, -0.2) is 9.78 Å². The molecular formula is C24H34N2O3S. The highest BCUT2D eigenvalue weighted by molar-refractivity contribution is 7.18. The highest BCUT2D eigenvalue weighted by Gasteiger charge is 2.33. The molecule has 0 aromatic carbocycles. The Bertz CT molecular complexity index is 979. The van der Waals surface area contributed by atoms with Crippen molar-refractivity contribution in [2.45, 2.75) is 97.6 Å². The molecule has 1 saturated carbocycles. The SMILES string of the molecule is CCC(C(=O)OC1CCCCC1)n1cnc2sc3c(c2c1=O)CCC(C(C)(C)C)C3. The molecule has 0 aliphatic heterocycles. The maximum absolute atomic E-state index is 13.5. The van der Waals surface area contributed by atoms with E-state index < -0.39 is 6.04 Å². The zero-order valence-electron chi connectivity index (χ0n) is 18.7. The number of rotatable bonds is 4. The van der Waals surface area contributed by atoms with E-state index in [4.69, 9.17) is 4.74 Å². The smallest absolute Gasteiger partial charge is 0.329 e. The molecule has 0 saturated heterocycles. The summed E-state index contributed by atoms with van der Waals surface area (Å²) in [5.74, 6) is 0.332. The van der Waals surface area contributed by atoms with E-state index in [9.17, 15) is 9.59 Å². The molecule has 2 aromatic heterocycles. The summed E-state index contributed by atoms with van der Waals surface area (Å²) in [6.07, 6.45) is 10.4. The molecule has 2 unspecified atom stereocenters. The van der Waals surface area contributed by atoms with Gasteiger partial charge in [0.2, 0.25) is 0 Å². The zero-order chi connectivity index (χ0) is 21.5.